The smallest absolute Gasteiger partial charge is 0.311 e. The van der Waals surface area contributed by atoms with Crippen LogP contribution in [0.25, 0.3) is 0 Å². The predicted octanol–water partition coefficient (Wildman–Crippen LogP) is 1.82. The maximum absolute atomic E-state index is 11.4. The molecule has 0 amide bonds. The number of carbonyl (C=O) groups excluding carboxylic acids is 1. The molecule has 0 bridgehead atoms. The zero-order chi connectivity index (χ0) is 10.6. The van der Waals surface area contributed by atoms with Gasteiger partial charge in [-0.1, -0.05) is 6.07 Å². The van der Waals surface area contributed by atoms with Gasteiger partial charge in [0.15, 0.2) is 0 Å². The number of hydrogen-bond acceptors (Lipinski definition) is 3. The van der Waals surface area contributed by atoms with E-state index in [2.05, 4.69) is 4.98 Å². The number of esters is 1. The van der Waals surface area contributed by atoms with Gasteiger partial charge in [-0.25, -0.2) is 0 Å². The Kier molecular flexibility index (Phi) is 3.23. The lowest BCUT2D eigenvalue weighted by atomic mass is 9.86. The summed E-state index contributed by atoms with van der Waals surface area (Å²) < 4.78 is 4.73. The summed E-state index contributed by atoms with van der Waals surface area (Å²) in [4.78, 5) is 15.4. The minimum absolute atomic E-state index is 0.193. The largest absolute Gasteiger partial charge is 0.469 e. The molecule has 0 atom stereocenters. The van der Waals surface area contributed by atoms with Crippen LogP contribution >= 0.6 is 0 Å². The van der Waals surface area contributed by atoms with Crippen LogP contribution in [0.1, 0.15) is 19.4 Å². The minimum atomic E-state index is -0.488. The maximum atomic E-state index is 11.4. The molecule has 1 aromatic heterocycles. The highest BCUT2D eigenvalue weighted by atomic mass is 16.5. The lowest BCUT2D eigenvalue weighted by Gasteiger charge is -2.20. The van der Waals surface area contributed by atoms with Crippen LogP contribution in [0.2, 0.25) is 0 Å². The molecule has 14 heavy (non-hydrogen) atoms. The molecular weight excluding hydrogens is 178 g/mol. The first-order valence-corrected chi connectivity index (χ1v) is 4.53. The molecular formula is C11H15NO2. The Morgan fingerprint density at radius 1 is 1.57 bits per heavy atom. The Bertz CT molecular complexity index is 306. The number of pyridine rings is 1. The summed E-state index contributed by atoms with van der Waals surface area (Å²) in [6, 6.07) is 3.82. The average Bonchev–Trinajstić information content (AvgIpc) is 2.17. The van der Waals surface area contributed by atoms with Gasteiger partial charge in [0.1, 0.15) is 0 Å². The van der Waals surface area contributed by atoms with E-state index in [-0.39, 0.29) is 5.97 Å². The lowest BCUT2D eigenvalue weighted by Crippen LogP contribution is -2.27. The van der Waals surface area contributed by atoms with Gasteiger partial charge in [0.05, 0.1) is 12.5 Å². The Balaban J connectivity index is 2.73. The maximum Gasteiger partial charge on any atom is 0.311 e. The zero-order valence-corrected chi connectivity index (χ0v) is 8.78. The molecule has 1 aromatic rings. The van der Waals surface area contributed by atoms with Gasteiger partial charge in [-0.05, 0) is 31.9 Å². The standard InChI is InChI=1S/C11H15NO2/c1-11(2,10(13)14-3)7-9-5-4-6-12-8-9/h4-6,8H,7H2,1-3H3. The molecule has 0 radical (unpaired) electrons. The molecule has 0 aliphatic rings. The van der Waals surface area contributed by atoms with Crippen molar-refractivity contribution >= 4 is 5.97 Å². The van der Waals surface area contributed by atoms with Gasteiger partial charge in [0.2, 0.25) is 0 Å². The van der Waals surface area contributed by atoms with Crippen LogP contribution in [-0.4, -0.2) is 18.1 Å². The third-order valence-corrected chi connectivity index (χ3v) is 2.11. The molecule has 0 saturated heterocycles. The number of rotatable bonds is 3. The Labute approximate surface area is 84.1 Å². The highest BCUT2D eigenvalue weighted by Gasteiger charge is 2.28. The number of carbonyl (C=O) groups is 1. The second-order valence-electron chi connectivity index (χ2n) is 3.91. The molecule has 76 valence electrons. The van der Waals surface area contributed by atoms with Gasteiger partial charge in [-0.3, -0.25) is 9.78 Å². The van der Waals surface area contributed by atoms with Crippen molar-refractivity contribution in [2.75, 3.05) is 7.11 Å². The van der Waals surface area contributed by atoms with Gasteiger partial charge >= 0.3 is 5.97 Å². The topological polar surface area (TPSA) is 39.2 Å². The van der Waals surface area contributed by atoms with E-state index < -0.39 is 5.41 Å². The van der Waals surface area contributed by atoms with E-state index in [1.807, 2.05) is 26.0 Å². The van der Waals surface area contributed by atoms with E-state index in [4.69, 9.17) is 4.74 Å². The van der Waals surface area contributed by atoms with Crippen molar-refractivity contribution < 1.29 is 9.53 Å². The predicted molar refractivity (Wildman–Crippen MR) is 53.7 cm³/mol. The van der Waals surface area contributed by atoms with Crippen LogP contribution in [0.15, 0.2) is 24.5 Å². The first kappa shape index (κ1) is 10.7. The van der Waals surface area contributed by atoms with Gasteiger partial charge in [-0.15, -0.1) is 0 Å². The van der Waals surface area contributed by atoms with Gasteiger partial charge in [-0.2, -0.15) is 0 Å². The summed E-state index contributed by atoms with van der Waals surface area (Å²) in [7, 11) is 1.41. The van der Waals surface area contributed by atoms with Crippen molar-refractivity contribution in [2.45, 2.75) is 20.3 Å². The normalized spacial score (nSPS) is 11.1. The fourth-order valence-corrected chi connectivity index (χ4v) is 1.36. The lowest BCUT2D eigenvalue weighted by molar-refractivity contribution is -0.150. The van der Waals surface area contributed by atoms with E-state index in [0.29, 0.717) is 6.42 Å². The number of ether oxygens (including phenoxy) is 1. The van der Waals surface area contributed by atoms with Crippen LogP contribution < -0.4 is 0 Å². The second kappa shape index (κ2) is 4.22. The molecule has 0 spiro atoms. The first-order chi connectivity index (χ1) is 6.56. The van der Waals surface area contributed by atoms with Crippen LogP contribution in [0.4, 0.5) is 0 Å². The summed E-state index contributed by atoms with van der Waals surface area (Å²) in [5, 5.41) is 0. The first-order valence-electron chi connectivity index (χ1n) is 4.53. The zero-order valence-electron chi connectivity index (χ0n) is 8.78. The Morgan fingerprint density at radius 3 is 2.79 bits per heavy atom. The van der Waals surface area contributed by atoms with Crippen molar-refractivity contribution in [3.05, 3.63) is 30.1 Å². The Morgan fingerprint density at radius 2 is 2.29 bits per heavy atom. The molecule has 0 N–H and O–H groups in total. The molecule has 1 heterocycles. The number of aromatic nitrogens is 1. The highest BCUT2D eigenvalue weighted by Crippen LogP contribution is 2.22. The molecule has 0 aliphatic carbocycles. The van der Waals surface area contributed by atoms with E-state index in [1.54, 1.807) is 12.4 Å². The quantitative estimate of drug-likeness (QED) is 0.687. The molecule has 0 saturated carbocycles. The van der Waals surface area contributed by atoms with Crippen molar-refractivity contribution in [3.63, 3.8) is 0 Å². The monoisotopic (exact) mass is 193 g/mol. The van der Waals surface area contributed by atoms with E-state index in [9.17, 15) is 4.79 Å². The van der Waals surface area contributed by atoms with E-state index in [1.165, 1.54) is 7.11 Å². The molecule has 0 fully saturated rings. The van der Waals surface area contributed by atoms with Gasteiger partial charge in [0, 0.05) is 12.4 Å². The summed E-state index contributed by atoms with van der Waals surface area (Å²) >= 11 is 0. The molecule has 0 aromatic carbocycles. The number of methoxy groups -OCH3 is 1. The molecule has 3 heteroatoms. The summed E-state index contributed by atoms with van der Waals surface area (Å²) in [5.74, 6) is -0.193. The van der Waals surface area contributed by atoms with Crippen molar-refractivity contribution in [2.24, 2.45) is 5.41 Å². The third kappa shape index (κ3) is 2.55. The van der Waals surface area contributed by atoms with E-state index >= 15 is 0 Å². The van der Waals surface area contributed by atoms with Crippen molar-refractivity contribution in [3.8, 4) is 0 Å². The summed E-state index contributed by atoms with van der Waals surface area (Å²) in [5.41, 5.74) is 0.556. The molecule has 0 unspecified atom stereocenters. The average molecular weight is 193 g/mol. The highest BCUT2D eigenvalue weighted by molar-refractivity contribution is 5.76. The fraction of sp³-hybridized carbons (Fsp3) is 0.455. The summed E-state index contributed by atoms with van der Waals surface area (Å²) in [6.07, 6.45) is 4.13. The molecule has 0 aliphatic heterocycles. The SMILES string of the molecule is COC(=O)C(C)(C)Cc1cccnc1. The second-order valence-corrected chi connectivity index (χ2v) is 3.91. The van der Waals surface area contributed by atoms with Crippen LogP contribution in [-0.2, 0) is 16.0 Å². The molecule has 1 rings (SSSR count). The van der Waals surface area contributed by atoms with Crippen LogP contribution in [0.5, 0.6) is 0 Å². The fourth-order valence-electron chi connectivity index (χ4n) is 1.36. The number of nitrogens with zero attached hydrogens (tertiary/aromatic N) is 1. The van der Waals surface area contributed by atoms with Crippen LogP contribution in [0.3, 0.4) is 0 Å². The summed E-state index contributed by atoms with van der Waals surface area (Å²) in [6.45, 7) is 3.73. The van der Waals surface area contributed by atoms with Crippen molar-refractivity contribution in [1.82, 2.24) is 4.98 Å². The van der Waals surface area contributed by atoms with Crippen LogP contribution in [0, 0.1) is 5.41 Å². The van der Waals surface area contributed by atoms with Gasteiger partial charge < -0.3 is 4.74 Å². The molecule has 3 nitrogen and oxygen atoms in total. The minimum Gasteiger partial charge on any atom is -0.469 e. The number of hydrogen-bond donors (Lipinski definition) is 0. The van der Waals surface area contributed by atoms with E-state index in [0.717, 1.165) is 5.56 Å². The van der Waals surface area contributed by atoms with Crippen molar-refractivity contribution in [1.29, 1.82) is 0 Å². The van der Waals surface area contributed by atoms with Gasteiger partial charge in [0.25, 0.3) is 0 Å². The third-order valence-electron chi connectivity index (χ3n) is 2.11. The Hall–Kier alpha value is -1.38.